The van der Waals surface area contributed by atoms with Gasteiger partial charge in [-0.05, 0) is 36.8 Å². The van der Waals surface area contributed by atoms with Gasteiger partial charge in [0.1, 0.15) is 13.2 Å². The molecule has 29 heavy (non-hydrogen) atoms. The highest BCUT2D eigenvalue weighted by molar-refractivity contribution is 7.99. The number of hydrogen-bond acceptors (Lipinski definition) is 6. The minimum Gasteiger partial charge on any atom is -0.486 e. The SMILES string of the molecule is CCCCn1c(SCC(=O)c2ccc3c(c2)OCCO3)nc2ccccc2c1=O. The Kier molecular flexibility index (Phi) is 5.85. The molecule has 1 aliphatic heterocycles. The molecule has 7 heteroatoms. The number of ether oxygens (including phenoxy) is 2. The van der Waals surface area contributed by atoms with Gasteiger partial charge in [0, 0.05) is 12.1 Å². The van der Waals surface area contributed by atoms with E-state index in [1.54, 1.807) is 28.8 Å². The highest BCUT2D eigenvalue weighted by atomic mass is 32.2. The summed E-state index contributed by atoms with van der Waals surface area (Å²) in [5.41, 5.74) is 1.16. The Balaban J connectivity index is 1.58. The molecule has 0 aliphatic carbocycles. The molecule has 0 saturated carbocycles. The maximum absolute atomic E-state index is 12.9. The summed E-state index contributed by atoms with van der Waals surface area (Å²) < 4.78 is 12.8. The molecule has 1 aliphatic rings. The van der Waals surface area contributed by atoms with Crippen LogP contribution in [0.25, 0.3) is 10.9 Å². The fourth-order valence-electron chi connectivity index (χ4n) is 3.20. The Morgan fingerprint density at radius 2 is 1.93 bits per heavy atom. The summed E-state index contributed by atoms with van der Waals surface area (Å²) in [6.45, 7) is 3.66. The summed E-state index contributed by atoms with van der Waals surface area (Å²) in [6, 6.07) is 12.5. The van der Waals surface area contributed by atoms with Crippen molar-refractivity contribution < 1.29 is 14.3 Å². The number of Topliss-reactive ketones (excluding diaryl/α,β-unsaturated/α-hetero) is 1. The van der Waals surface area contributed by atoms with Crippen LogP contribution in [0.4, 0.5) is 0 Å². The van der Waals surface area contributed by atoms with Crippen molar-refractivity contribution in [3.05, 3.63) is 58.4 Å². The molecule has 6 nitrogen and oxygen atoms in total. The summed E-state index contributed by atoms with van der Waals surface area (Å²) in [6.07, 6.45) is 1.85. The Labute approximate surface area is 172 Å². The fraction of sp³-hybridized carbons (Fsp3) is 0.318. The first kappa shape index (κ1) is 19.5. The molecular formula is C22H22N2O4S. The van der Waals surface area contributed by atoms with Gasteiger partial charge < -0.3 is 9.47 Å². The van der Waals surface area contributed by atoms with Crippen molar-refractivity contribution in [1.82, 2.24) is 9.55 Å². The molecule has 1 aromatic heterocycles. The van der Waals surface area contributed by atoms with Crippen molar-refractivity contribution in [2.24, 2.45) is 0 Å². The van der Waals surface area contributed by atoms with Gasteiger partial charge >= 0.3 is 0 Å². The molecule has 0 N–H and O–H groups in total. The van der Waals surface area contributed by atoms with Crippen LogP contribution in [0.15, 0.2) is 52.4 Å². The molecule has 4 rings (SSSR count). The van der Waals surface area contributed by atoms with Crippen LogP contribution in [0.2, 0.25) is 0 Å². The molecule has 2 heterocycles. The van der Waals surface area contributed by atoms with Gasteiger partial charge in [0.05, 0.1) is 16.7 Å². The third-order valence-electron chi connectivity index (χ3n) is 4.76. The van der Waals surface area contributed by atoms with E-state index < -0.39 is 0 Å². The van der Waals surface area contributed by atoms with E-state index in [0.29, 0.717) is 52.9 Å². The zero-order chi connectivity index (χ0) is 20.2. The van der Waals surface area contributed by atoms with Crippen molar-refractivity contribution in [2.75, 3.05) is 19.0 Å². The van der Waals surface area contributed by atoms with Crippen LogP contribution >= 0.6 is 11.8 Å². The van der Waals surface area contributed by atoms with Gasteiger partial charge in [0.15, 0.2) is 22.4 Å². The summed E-state index contributed by atoms with van der Waals surface area (Å²) in [4.78, 5) is 30.3. The fourth-order valence-corrected chi connectivity index (χ4v) is 4.12. The smallest absolute Gasteiger partial charge is 0.262 e. The van der Waals surface area contributed by atoms with E-state index in [0.717, 1.165) is 12.8 Å². The molecule has 0 unspecified atom stereocenters. The summed E-state index contributed by atoms with van der Waals surface area (Å²) in [5.74, 6) is 1.40. The molecule has 3 aromatic rings. The predicted molar refractivity (Wildman–Crippen MR) is 113 cm³/mol. The van der Waals surface area contributed by atoms with Crippen LogP contribution < -0.4 is 15.0 Å². The Bertz CT molecular complexity index is 1110. The summed E-state index contributed by atoms with van der Waals surface area (Å²) >= 11 is 1.30. The summed E-state index contributed by atoms with van der Waals surface area (Å²) in [7, 11) is 0. The first-order valence-corrected chi connectivity index (χ1v) is 10.7. The highest BCUT2D eigenvalue weighted by Gasteiger charge is 2.17. The van der Waals surface area contributed by atoms with Gasteiger partial charge in [-0.25, -0.2) is 4.98 Å². The number of aromatic nitrogens is 2. The van der Waals surface area contributed by atoms with E-state index in [4.69, 9.17) is 9.47 Å². The van der Waals surface area contributed by atoms with Crippen LogP contribution in [0, 0.1) is 0 Å². The van der Waals surface area contributed by atoms with Gasteiger partial charge in [-0.2, -0.15) is 0 Å². The van der Waals surface area contributed by atoms with Gasteiger partial charge in [0.2, 0.25) is 0 Å². The second-order valence-electron chi connectivity index (χ2n) is 6.79. The van der Waals surface area contributed by atoms with E-state index in [1.807, 2.05) is 18.2 Å². The van der Waals surface area contributed by atoms with Crippen molar-refractivity contribution in [3.63, 3.8) is 0 Å². The molecule has 0 fully saturated rings. The third kappa shape index (κ3) is 4.15. The lowest BCUT2D eigenvalue weighted by molar-refractivity contribution is 0.102. The normalized spacial score (nSPS) is 12.9. The number of thioether (sulfide) groups is 1. The largest absolute Gasteiger partial charge is 0.486 e. The predicted octanol–water partition coefficient (Wildman–Crippen LogP) is 3.94. The first-order valence-electron chi connectivity index (χ1n) is 9.72. The van der Waals surface area contributed by atoms with E-state index in [2.05, 4.69) is 11.9 Å². The number of carbonyl (C=O) groups excluding carboxylic acids is 1. The number of para-hydroxylation sites is 1. The average Bonchev–Trinajstić information content (AvgIpc) is 2.76. The number of nitrogens with zero attached hydrogens (tertiary/aromatic N) is 2. The summed E-state index contributed by atoms with van der Waals surface area (Å²) in [5, 5.41) is 1.18. The molecule has 0 bridgehead atoms. The zero-order valence-electron chi connectivity index (χ0n) is 16.2. The zero-order valence-corrected chi connectivity index (χ0v) is 17.0. The Morgan fingerprint density at radius 1 is 1.14 bits per heavy atom. The molecule has 2 aromatic carbocycles. The molecule has 150 valence electrons. The monoisotopic (exact) mass is 410 g/mol. The minimum absolute atomic E-state index is 0.0450. The highest BCUT2D eigenvalue weighted by Crippen LogP contribution is 2.31. The van der Waals surface area contributed by atoms with E-state index >= 15 is 0 Å². The van der Waals surface area contributed by atoms with Gasteiger partial charge in [-0.15, -0.1) is 0 Å². The molecule has 0 atom stereocenters. The van der Waals surface area contributed by atoms with E-state index in [-0.39, 0.29) is 17.1 Å². The number of rotatable bonds is 7. The number of carbonyl (C=O) groups is 1. The molecule has 0 saturated heterocycles. The topological polar surface area (TPSA) is 70.4 Å². The molecule has 0 amide bonds. The maximum Gasteiger partial charge on any atom is 0.262 e. The lowest BCUT2D eigenvalue weighted by Gasteiger charge is -2.18. The van der Waals surface area contributed by atoms with E-state index in [1.165, 1.54) is 11.8 Å². The number of unbranched alkanes of at least 4 members (excludes halogenated alkanes) is 1. The molecule has 0 spiro atoms. The molecular weight excluding hydrogens is 388 g/mol. The van der Waals surface area contributed by atoms with Crippen LogP contribution in [-0.2, 0) is 6.54 Å². The van der Waals surface area contributed by atoms with Crippen LogP contribution in [0.3, 0.4) is 0 Å². The lowest BCUT2D eigenvalue weighted by atomic mass is 10.1. The maximum atomic E-state index is 12.9. The second-order valence-corrected chi connectivity index (χ2v) is 7.73. The molecule has 0 radical (unpaired) electrons. The number of hydrogen-bond donors (Lipinski definition) is 0. The van der Waals surface area contributed by atoms with Crippen molar-refractivity contribution in [3.8, 4) is 11.5 Å². The van der Waals surface area contributed by atoms with Crippen molar-refractivity contribution >= 4 is 28.4 Å². The standard InChI is InChI=1S/C22H22N2O4S/c1-2-3-10-24-21(26)16-6-4-5-7-17(16)23-22(24)29-14-18(25)15-8-9-19-20(13-15)28-12-11-27-19/h4-9,13H,2-3,10-12,14H2,1H3. The van der Waals surface area contributed by atoms with Gasteiger partial charge in [0.25, 0.3) is 5.56 Å². The quantitative estimate of drug-likeness (QED) is 0.334. The van der Waals surface area contributed by atoms with Crippen LogP contribution in [0.5, 0.6) is 11.5 Å². The van der Waals surface area contributed by atoms with Crippen LogP contribution in [0.1, 0.15) is 30.1 Å². The lowest BCUT2D eigenvalue weighted by Crippen LogP contribution is -2.24. The first-order chi connectivity index (χ1) is 14.2. The minimum atomic E-state index is -0.0571. The van der Waals surface area contributed by atoms with Crippen LogP contribution in [-0.4, -0.2) is 34.3 Å². The van der Waals surface area contributed by atoms with Gasteiger partial charge in [-0.3, -0.25) is 14.2 Å². The van der Waals surface area contributed by atoms with Gasteiger partial charge in [-0.1, -0.05) is 37.2 Å². The second kappa shape index (κ2) is 8.69. The number of fused-ring (bicyclic) bond motifs is 2. The number of benzene rings is 2. The Morgan fingerprint density at radius 3 is 2.76 bits per heavy atom. The number of ketones is 1. The third-order valence-corrected chi connectivity index (χ3v) is 5.73. The van der Waals surface area contributed by atoms with Crippen molar-refractivity contribution in [2.45, 2.75) is 31.5 Å². The van der Waals surface area contributed by atoms with Crippen molar-refractivity contribution in [1.29, 1.82) is 0 Å². The van der Waals surface area contributed by atoms with E-state index in [9.17, 15) is 9.59 Å². The Hall–Kier alpha value is -2.80. The average molecular weight is 410 g/mol.